The molecule has 0 spiro atoms. The fraction of sp³-hybridized carbons (Fsp3) is 0.273. The van der Waals surface area contributed by atoms with Crippen molar-refractivity contribution in [3.63, 3.8) is 0 Å². The van der Waals surface area contributed by atoms with E-state index in [2.05, 4.69) is 20.8 Å². The van der Waals surface area contributed by atoms with Crippen molar-refractivity contribution in [2.75, 3.05) is 0 Å². The molecule has 0 aliphatic rings. The van der Waals surface area contributed by atoms with E-state index in [-0.39, 0.29) is 28.2 Å². The molecule has 3 rings (SSSR count). The van der Waals surface area contributed by atoms with Gasteiger partial charge >= 0.3 is 0 Å². The van der Waals surface area contributed by atoms with Crippen molar-refractivity contribution in [3.05, 3.63) is 74.9 Å². The first kappa shape index (κ1) is 24.8. The average Bonchev–Trinajstić information content (AvgIpc) is 3.28. The highest BCUT2D eigenvalue weighted by Gasteiger charge is 2.28. The van der Waals surface area contributed by atoms with Gasteiger partial charge in [-0.2, -0.15) is 4.98 Å². The molecule has 1 heterocycles. The molecule has 12 heteroatoms. The van der Waals surface area contributed by atoms with E-state index in [9.17, 15) is 24.1 Å². The van der Waals surface area contributed by atoms with Crippen LogP contribution < -0.4 is 10.6 Å². The summed E-state index contributed by atoms with van der Waals surface area (Å²) < 4.78 is 18.3. The molecule has 0 saturated heterocycles. The first-order valence-corrected chi connectivity index (χ1v) is 10.6. The van der Waals surface area contributed by atoms with Gasteiger partial charge in [-0.1, -0.05) is 30.6 Å². The van der Waals surface area contributed by atoms with Crippen molar-refractivity contribution in [2.45, 2.75) is 32.9 Å². The molecule has 0 aliphatic carbocycles. The minimum atomic E-state index is -0.954. The predicted octanol–water partition coefficient (Wildman–Crippen LogP) is 4.07. The van der Waals surface area contributed by atoms with Crippen LogP contribution in [0.25, 0.3) is 11.4 Å². The molecule has 178 valence electrons. The van der Waals surface area contributed by atoms with Crippen LogP contribution in [-0.4, -0.2) is 32.9 Å². The molecule has 2 atom stereocenters. The topological polar surface area (TPSA) is 140 Å². The van der Waals surface area contributed by atoms with Gasteiger partial charge < -0.3 is 15.2 Å². The number of benzene rings is 2. The van der Waals surface area contributed by atoms with Crippen molar-refractivity contribution in [1.29, 1.82) is 0 Å². The molecule has 2 unspecified atom stereocenters. The third-order valence-electron chi connectivity index (χ3n) is 4.91. The highest BCUT2D eigenvalue weighted by Crippen LogP contribution is 2.25. The Bertz CT molecular complexity index is 1210. The SMILES string of the molecule is CC(NC(=O)C(NC(=O)c1ccc(Cl)c([N+](=O)[O-])c1)C(C)C)c1nc(-c2ccc(F)cc2)no1. The summed E-state index contributed by atoms with van der Waals surface area (Å²) in [5.74, 6) is -1.54. The molecule has 0 fully saturated rings. The molecular formula is C22H21ClFN5O5. The number of rotatable bonds is 8. The van der Waals surface area contributed by atoms with Crippen LogP contribution in [0.5, 0.6) is 0 Å². The Morgan fingerprint density at radius 3 is 2.41 bits per heavy atom. The summed E-state index contributed by atoms with van der Waals surface area (Å²) in [7, 11) is 0. The number of carbonyl (C=O) groups excluding carboxylic acids is 2. The summed E-state index contributed by atoms with van der Waals surface area (Å²) in [6, 6.07) is 7.51. The lowest BCUT2D eigenvalue weighted by Gasteiger charge is -2.23. The lowest BCUT2D eigenvalue weighted by Crippen LogP contribution is -2.50. The van der Waals surface area contributed by atoms with Crippen LogP contribution in [0, 0.1) is 21.8 Å². The molecule has 10 nitrogen and oxygen atoms in total. The maximum atomic E-state index is 13.1. The molecular weight excluding hydrogens is 469 g/mol. The lowest BCUT2D eigenvalue weighted by atomic mass is 10.0. The van der Waals surface area contributed by atoms with E-state index in [1.807, 2.05) is 0 Å². The Labute approximate surface area is 198 Å². The Morgan fingerprint density at radius 1 is 1.12 bits per heavy atom. The molecule has 0 saturated carbocycles. The zero-order valence-electron chi connectivity index (χ0n) is 18.4. The van der Waals surface area contributed by atoms with Gasteiger partial charge in [-0.15, -0.1) is 0 Å². The van der Waals surface area contributed by atoms with Gasteiger partial charge in [0.15, 0.2) is 0 Å². The van der Waals surface area contributed by atoms with Gasteiger partial charge in [0.2, 0.25) is 17.6 Å². The third kappa shape index (κ3) is 5.73. The summed E-state index contributed by atoms with van der Waals surface area (Å²) in [5.41, 5.74) is 0.115. The van der Waals surface area contributed by atoms with Crippen molar-refractivity contribution in [1.82, 2.24) is 20.8 Å². The molecule has 2 aromatic carbocycles. The van der Waals surface area contributed by atoms with Crippen molar-refractivity contribution in [2.24, 2.45) is 5.92 Å². The molecule has 3 aromatic rings. The normalized spacial score (nSPS) is 12.8. The number of carbonyl (C=O) groups is 2. The second kappa shape index (κ2) is 10.4. The number of hydrogen-bond donors (Lipinski definition) is 2. The second-order valence-corrected chi connectivity index (χ2v) is 8.22. The maximum absolute atomic E-state index is 13.1. The van der Waals surface area contributed by atoms with Crippen molar-refractivity contribution >= 4 is 29.1 Å². The summed E-state index contributed by atoms with van der Waals surface area (Å²) in [5, 5.41) is 20.1. The Morgan fingerprint density at radius 2 is 1.79 bits per heavy atom. The second-order valence-electron chi connectivity index (χ2n) is 7.81. The molecule has 34 heavy (non-hydrogen) atoms. The number of nitro groups is 1. The van der Waals surface area contributed by atoms with Gasteiger partial charge in [0.25, 0.3) is 11.6 Å². The average molecular weight is 490 g/mol. The van der Waals surface area contributed by atoms with E-state index in [0.29, 0.717) is 5.56 Å². The zero-order valence-corrected chi connectivity index (χ0v) is 19.2. The fourth-order valence-electron chi connectivity index (χ4n) is 3.05. The van der Waals surface area contributed by atoms with E-state index < -0.39 is 40.3 Å². The standard InChI is InChI=1S/C22H21ClFN5O5/c1-11(2)18(26-20(30)14-6-9-16(23)17(10-14)29(32)33)21(31)25-12(3)22-27-19(28-34-22)13-4-7-15(24)8-5-13/h4-12,18H,1-3H3,(H,25,31)(H,26,30). The summed E-state index contributed by atoms with van der Waals surface area (Å²) in [6.45, 7) is 5.10. The third-order valence-corrected chi connectivity index (χ3v) is 5.23. The van der Waals surface area contributed by atoms with Gasteiger partial charge in [-0.25, -0.2) is 4.39 Å². The first-order valence-electron chi connectivity index (χ1n) is 10.2. The number of amides is 2. The molecule has 2 amide bonds. The minimum absolute atomic E-state index is 0.0107. The number of nitro benzene ring substituents is 1. The largest absolute Gasteiger partial charge is 0.343 e. The Kier molecular flexibility index (Phi) is 7.57. The summed E-state index contributed by atoms with van der Waals surface area (Å²) in [4.78, 5) is 40.2. The maximum Gasteiger partial charge on any atom is 0.288 e. The summed E-state index contributed by atoms with van der Waals surface area (Å²) in [6.07, 6.45) is 0. The van der Waals surface area contributed by atoms with Crippen LogP contribution in [0.1, 0.15) is 43.1 Å². The number of nitrogens with zero attached hydrogens (tertiary/aromatic N) is 3. The lowest BCUT2D eigenvalue weighted by molar-refractivity contribution is -0.384. The number of nitrogens with one attached hydrogen (secondary N) is 2. The van der Waals surface area contributed by atoms with E-state index >= 15 is 0 Å². The van der Waals surface area contributed by atoms with Crippen LogP contribution in [0.3, 0.4) is 0 Å². The van der Waals surface area contributed by atoms with Gasteiger partial charge in [-0.05, 0) is 49.2 Å². The highest BCUT2D eigenvalue weighted by molar-refractivity contribution is 6.32. The Balaban J connectivity index is 1.70. The summed E-state index contributed by atoms with van der Waals surface area (Å²) >= 11 is 5.79. The fourth-order valence-corrected chi connectivity index (χ4v) is 3.23. The molecule has 1 aromatic heterocycles. The van der Waals surface area contributed by atoms with Gasteiger partial charge in [0.1, 0.15) is 22.9 Å². The van der Waals surface area contributed by atoms with Gasteiger partial charge in [-0.3, -0.25) is 19.7 Å². The molecule has 0 aliphatic heterocycles. The van der Waals surface area contributed by atoms with Crippen LogP contribution >= 0.6 is 11.6 Å². The highest BCUT2D eigenvalue weighted by atomic mass is 35.5. The zero-order chi connectivity index (χ0) is 25.0. The number of halogens is 2. The smallest absolute Gasteiger partial charge is 0.288 e. The van der Waals surface area contributed by atoms with E-state index in [4.69, 9.17) is 16.1 Å². The van der Waals surface area contributed by atoms with Crippen molar-refractivity contribution in [3.8, 4) is 11.4 Å². The van der Waals surface area contributed by atoms with Crippen LogP contribution in [0.2, 0.25) is 5.02 Å². The van der Waals surface area contributed by atoms with Crippen LogP contribution in [0.15, 0.2) is 47.0 Å². The molecule has 2 N–H and O–H groups in total. The van der Waals surface area contributed by atoms with Crippen LogP contribution in [-0.2, 0) is 4.79 Å². The van der Waals surface area contributed by atoms with E-state index in [1.54, 1.807) is 20.8 Å². The van der Waals surface area contributed by atoms with Gasteiger partial charge in [0.05, 0.1) is 4.92 Å². The molecule has 0 bridgehead atoms. The minimum Gasteiger partial charge on any atom is -0.343 e. The number of hydrogen-bond acceptors (Lipinski definition) is 7. The van der Waals surface area contributed by atoms with Crippen LogP contribution in [0.4, 0.5) is 10.1 Å². The van der Waals surface area contributed by atoms with Crippen molar-refractivity contribution < 1.29 is 23.4 Å². The van der Waals surface area contributed by atoms with E-state index in [1.165, 1.54) is 36.4 Å². The monoisotopic (exact) mass is 489 g/mol. The quantitative estimate of drug-likeness (QED) is 0.359. The predicted molar refractivity (Wildman–Crippen MR) is 120 cm³/mol. The first-order chi connectivity index (χ1) is 16.1. The Hall–Kier alpha value is -3.86. The number of aromatic nitrogens is 2. The van der Waals surface area contributed by atoms with E-state index in [0.717, 1.165) is 6.07 Å². The van der Waals surface area contributed by atoms with Gasteiger partial charge in [0, 0.05) is 17.2 Å². The molecule has 0 radical (unpaired) electrons.